The van der Waals surface area contributed by atoms with Crippen LogP contribution in [-0.4, -0.2) is 48.9 Å². The first-order chi connectivity index (χ1) is 22.0. The Morgan fingerprint density at radius 3 is 2.29 bits per heavy atom. The third-order valence-corrected chi connectivity index (χ3v) is 8.76. The molecule has 3 aliphatic heterocycles. The van der Waals surface area contributed by atoms with Crippen LogP contribution < -0.4 is 4.74 Å². The molecule has 7 heteroatoms. The third-order valence-electron chi connectivity index (χ3n) is 8.76. The van der Waals surface area contributed by atoms with Crippen molar-refractivity contribution in [2.45, 2.75) is 44.5 Å². The van der Waals surface area contributed by atoms with Crippen LogP contribution in [0.4, 0.5) is 0 Å². The minimum Gasteiger partial charge on any atom is -0.489 e. The van der Waals surface area contributed by atoms with Crippen LogP contribution in [0.1, 0.15) is 68.2 Å². The number of benzene rings is 4. The molecular formula is C38H37NO6. The molecule has 230 valence electrons. The molecule has 7 rings (SSSR count). The number of fused-ring (bicyclic) bond motifs is 3. The van der Waals surface area contributed by atoms with E-state index in [-0.39, 0.29) is 31.0 Å². The Hall–Kier alpha value is -4.75. The van der Waals surface area contributed by atoms with E-state index in [4.69, 9.17) is 14.2 Å². The molecule has 4 aromatic rings. The Morgan fingerprint density at radius 2 is 1.56 bits per heavy atom. The maximum atomic E-state index is 13.2. The van der Waals surface area contributed by atoms with E-state index in [0.717, 1.165) is 61.0 Å². The van der Waals surface area contributed by atoms with Gasteiger partial charge in [0, 0.05) is 18.0 Å². The first kappa shape index (κ1) is 30.3. The van der Waals surface area contributed by atoms with Crippen LogP contribution in [0.15, 0.2) is 103 Å². The van der Waals surface area contributed by atoms with Gasteiger partial charge in [-0.05, 0) is 84.4 Å². The van der Waals surface area contributed by atoms with Crippen molar-refractivity contribution in [1.82, 2.24) is 4.90 Å². The number of rotatable bonds is 12. The number of esters is 2. The Labute approximate surface area is 263 Å². The number of carbonyl (C=O) groups is 3. The fourth-order valence-corrected chi connectivity index (χ4v) is 6.25. The second kappa shape index (κ2) is 14.4. The second-order valence-electron chi connectivity index (χ2n) is 11.8. The average Bonchev–Trinajstić information content (AvgIpc) is 3.10. The number of nitrogens with zero attached hydrogens (tertiary/aromatic N) is 1. The molecule has 3 heterocycles. The molecule has 0 aromatic heterocycles. The van der Waals surface area contributed by atoms with Crippen LogP contribution in [0.5, 0.6) is 5.75 Å². The number of piperidine rings is 3. The Bertz CT molecular complexity index is 1610. The zero-order valence-electron chi connectivity index (χ0n) is 25.2. The second-order valence-corrected chi connectivity index (χ2v) is 11.8. The van der Waals surface area contributed by atoms with Gasteiger partial charge in [-0.2, -0.15) is 0 Å². The molecule has 0 spiro atoms. The van der Waals surface area contributed by atoms with Crippen molar-refractivity contribution in [3.63, 3.8) is 0 Å². The number of hydrogen-bond acceptors (Lipinski definition) is 7. The van der Waals surface area contributed by atoms with E-state index in [2.05, 4.69) is 17.0 Å². The van der Waals surface area contributed by atoms with Crippen LogP contribution in [-0.2, 0) is 27.5 Å². The number of hydrogen-bond donors (Lipinski definition) is 0. The van der Waals surface area contributed by atoms with Crippen molar-refractivity contribution in [3.05, 3.63) is 137 Å². The lowest BCUT2D eigenvalue weighted by Crippen LogP contribution is -2.52. The molecule has 45 heavy (non-hydrogen) atoms. The van der Waals surface area contributed by atoms with Gasteiger partial charge >= 0.3 is 11.9 Å². The van der Waals surface area contributed by atoms with Gasteiger partial charge in [0.1, 0.15) is 31.4 Å². The van der Waals surface area contributed by atoms with E-state index in [1.165, 1.54) is 0 Å². The minimum atomic E-state index is -0.439. The first-order valence-corrected chi connectivity index (χ1v) is 15.5. The Kier molecular flexibility index (Phi) is 9.66. The highest BCUT2D eigenvalue weighted by atomic mass is 16.5. The first-order valence-electron chi connectivity index (χ1n) is 15.5. The summed E-state index contributed by atoms with van der Waals surface area (Å²) in [5.74, 6) is 0.403. The monoisotopic (exact) mass is 603 g/mol. The summed E-state index contributed by atoms with van der Waals surface area (Å²) >= 11 is 0. The summed E-state index contributed by atoms with van der Waals surface area (Å²) in [5.41, 5.74) is 4.66. The molecular weight excluding hydrogens is 566 g/mol. The molecule has 2 atom stereocenters. The highest BCUT2D eigenvalue weighted by molar-refractivity contribution is 5.89. The van der Waals surface area contributed by atoms with Crippen molar-refractivity contribution in [2.24, 2.45) is 5.92 Å². The zero-order valence-corrected chi connectivity index (χ0v) is 25.2. The van der Waals surface area contributed by atoms with Crippen LogP contribution >= 0.6 is 0 Å². The summed E-state index contributed by atoms with van der Waals surface area (Å²) in [6.07, 6.45) is 3.21. The molecule has 0 unspecified atom stereocenters. The third kappa shape index (κ3) is 7.86. The summed E-state index contributed by atoms with van der Waals surface area (Å²) in [6, 6.07) is 32.0. The van der Waals surface area contributed by atoms with Crippen LogP contribution in [0.2, 0.25) is 0 Å². The Balaban J connectivity index is 1.07. The molecule has 0 radical (unpaired) electrons. The normalized spacial score (nSPS) is 19.3. The van der Waals surface area contributed by atoms with Gasteiger partial charge in [-0.1, -0.05) is 72.8 Å². The fourth-order valence-electron chi connectivity index (χ4n) is 6.25. The predicted molar refractivity (Wildman–Crippen MR) is 170 cm³/mol. The summed E-state index contributed by atoms with van der Waals surface area (Å²) < 4.78 is 17.6. The summed E-state index contributed by atoms with van der Waals surface area (Å²) in [4.78, 5) is 39.2. The van der Waals surface area contributed by atoms with E-state index in [1.54, 1.807) is 30.3 Å². The average molecular weight is 604 g/mol. The highest BCUT2D eigenvalue weighted by Gasteiger charge is 2.36. The van der Waals surface area contributed by atoms with Gasteiger partial charge in [0.25, 0.3) is 0 Å². The molecule has 2 bridgehead atoms. The SMILES string of the molecule is O=Cc1cccc(COC(=O)c2ccc(COc3cccc([C@@H](CC(=O)O[C@H]4CN5CCC4CC5)c4ccccc4)c3)cc2)c1. The standard InChI is InChI=1S/C38H37NO6/c40-24-28-6-4-7-29(20-28)26-44-38(42)32-14-12-27(13-15-32)25-43-34-11-5-10-33(21-34)35(30-8-2-1-3-9-30)22-37(41)45-36-23-39-18-16-31(36)17-19-39/h1-15,20-21,24,31,35-36H,16-19,22-23,25-26H2/t35-,36-/m0/s1. The van der Waals surface area contributed by atoms with Gasteiger partial charge in [0.2, 0.25) is 0 Å². The van der Waals surface area contributed by atoms with E-state index in [1.807, 2.05) is 60.7 Å². The molecule has 3 fully saturated rings. The highest BCUT2D eigenvalue weighted by Crippen LogP contribution is 2.33. The van der Waals surface area contributed by atoms with Crippen molar-refractivity contribution in [1.29, 1.82) is 0 Å². The van der Waals surface area contributed by atoms with Gasteiger partial charge in [0.15, 0.2) is 0 Å². The molecule has 0 saturated carbocycles. The van der Waals surface area contributed by atoms with Gasteiger partial charge < -0.3 is 14.2 Å². The van der Waals surface area contributed by atoms with Crippen LogP contribution in [0.25, 0.3) is 0 Å². The smallest absolute Gasteiger partial charge is 0.338 e. The van der Waals surface area contributed by atoms with Gasteiger partial charge in [0.05, 0.1) is 12.0 Å². The summed E-state index contributed by atoms with van der Waals surface area (Å²) in [7, 11) is 0. The molecule has 0 aliphatic carbocycles. The van der Waals surface area contributed by atoms with Crippen LogP contribution in [0.3, 0.4) is 0 Å². The van der Waals surface area contributed by atoms with E-state index >= 15 is 0 Å². The fraction of sp³-hybridized carbons (Fsp3) is 0.289. The molecule has 3 saturated heterocycles. The van der Waals surface area contributed by atoms with Crippen molar-refractivity contribution in [3.8, 4) is 5.75 Å². The number of aldehydes is 1. The summed E-state index contributed by atoms with van der Waals surface area (Å²) in [5, 5.41) is 0. The zero-order chi connectivity index (χ0) is 31.0. The molecule has 0 N–H and O–H groups in total. The maximum absolute atomic E-state index is 13.2. The predicted octanol–water partition coefficient (Wildman–Crippen LogP) is 6.59. The molecule has 0 amide bonds. The summed E-state index contributed by atoms with van der Waals surface area (Å²) in [6.45, 7) is 3.45. The maximum Gasteiger partial charge on any atom is 0.338 e. The van der Waals surface area contributed by atoms with Crippen LogP contribution in [0, 0.1) is 5.92 Å². The van der Waals surface area contributed by atoms with Gasteiger partial charge in [-0.25, -0.2) is 4.79 Å². The molecule has 7 nitrogen and oxygen atoms in total. The lowest BCUT2D eigenvalue weighted by Gasteiger charge is -2.44. The lowest BCUT2D eigenvalue weighted by molar-refractivity contribution is -0.159. The number of carbonyl (C=O) groups excluding carboxylic acids is 3. The van der Waals surface area contributed by atoms with E-state index in [9.17, 15) is 14.4 Å². The van der Waals surface area contributed by atoms with E-state index < -0.39 is 5.97 Å². The van der Waals surface area contributed by atoms with E-state index in [0.29, 0.717) is 29.4 Å². The Morgan fingerprint density at radius 1 is 0.800 bits per heavy atom. The van der Waals surface area contributed by atoms with Crippen molar-refractivity contribution >= 4 is 18.2 Å². The van der Waals surface area contributed by atoms with Gasteiger partial charge in [-0.15, -0.1) is 0 Å². The topological polar surface area (TPSA) is 82.1 Å². The van der Waals surface area contributed by atoms with Gasteiger partial charge in [-0.3, -0.25) is 14.5 Å². The lowest BCUT2D eigenvalue weighted by atomic mass is 9.85. The number of ether oxygens (including phenoxy) is 3. The minimum absolute atomic E-state index is 0.0141. The van der Waals surface area contributed by atoms with Crippen molar-refractivity contribution < 1.29 is 28.6 Å². The molecule has 3 aliphatic rings. The van der Waals surface area contributed by atoms with Crippen molar-refractivity contribution in [2.75, 3.05) is 19.6 Å². The quantitative estimate of drug-likeness (QED) is 0.133. The largest absolute Gasteiger partial charge is 0.489 e. The molecule has 4 aromatic carbocycles.